The van der Waals surface area contributed by atoms with Gasteiger partial charge in [-0.05, 0) is 36.6 Å². The van der Waals surface area contributed by atoms with E-state index in [9.17, 15) is 0 Å². The first kappa shape index (κ1) is 20.6. The number of rotatable bonds is 10. The average Bonchev–Trinajstić information content (AvgIpc) is 2.73. The number of nitrogens with zero attached hydrogens (tertiary/aromatic N) is 1. The van der Waals surface area contributed by atoms with Gasteiger partial charge in [-0.1, -0.05) is 6.92 Å². The maximum absolute atomic E-state index is 6.04. The predicted octanol–water partition coefficient (Wildman–Crippen LogP) is 2.07. The van der Waals surface area contributed by atoms with E-state index in [-0.39, 0.29) is 6.10 Å². The van der Waals surface area contributed by atoms with E-state index in [0.29, 0.717) is 45.5 Å². The van der Waals surface area contributed by atoms with E-state index < -0.39 is 0 Å². The number of allylic oxidation sites excluding steroid dienone is 1. The topological polar surface area (TPSA) is 84.5 Å². The number of fused-ring (bicyclic) bond motifs is 1. The summed E-state index contributed by atoms with van der Waals surface area (Å²) in [6.07, 6.45) is 3.59. The highest BCUT2D eigenvalue weighted by Crippen LogP contribution is 2.23. The first-order valence-corrected chi connectivity index (χ1v) is 9.94. The van der Waals surface area contributed by atoms with Gasteiger partial charge in [0.05, 0.1) is 32.1 Å². The van der Waals surface area contributed by atoms with Crippen molar-refractivity contribution in [2.24, 2.45) is 10.7 Å². The summed E-state index contributed by atoms with van der Waals surface area (Å²) in [6.45, 7) is 6.85. The highest BCUT2D eigenvalue weighted by atomic mass is 16.6. The van der Waals surface area contributed by atoms with Crippen LogP contribution in [-0.2, 0) is 25.4 Å². The van der Waals surface area contributed by atoms with Gasteiger partial charge in [0.1, 0.15) is 25.1 Å². The largest absolute Gasteiger partial charge is 0.491 e. The van der Waals surface area contributed by atoms with Crippen molar-refractivity contribution in [3.63, 3.8) is 0 Å². The third-order valence-electron chi connectivity index (χ3n) is 4.46. The molecule has 2 N–H and O–H groups in total. The highest BCUT2D eigenvalue weighted by Gasteiger charge is 2.17. The van der Waals surface area contributed by atoms with E-state index in [1.54, 1.807) is 6.08 Å². The van der Waals surface area contributed by atoms with Crippen molar-refractivity contribution in [2.75, 3.05) is 52.8 Å². The summed E-state index contributed by atoms with van der Waals surface area (Å²) in [7, 11) is 0. The molecule has 7 nitrogen and oxygen atoms in total. The van der Waals surface area contributed by atoms with Crippen molar-refractivity contribution < 1.29 is 23.7 Å². The molecule has 0 aromatic heterocycles. The molecule has 1 saturated heterocycles. The quantitative estimate of drug-likeness (QED) is 0.486. The lowest BCUT2D eigenvalue weighted by atomic mass is 9.97. The lowest BCUT2D eigenvalue weighted by Gasteiger charge is -2.23. The Hall–Kier alpha value is -2.09. The zero-order valence-corrected chi connectivity index (χ0v) is 16.5. The van der Waals surface area contributed by atoms with Gasteiger partial charge in [0, 0.05) is 24.8 Å². The van der Waals surface area contributed by atoms with Crippen molar-refractivity contribution in [1.29, 1.82) is 0 Å². The molecule has 3 rings (SSSR count). The first-order valence-electron chi connectivity index (χ1n) is 9.94. The van der Waals surface area contributed by atoms with Gasteiger partial charge in [-0.3, -0.25) is 4.99 Å². The van der Waals surface area contributed by atoms with E-state index in [4.69, 9.17) is 29.4 Å². The fourth-order valence-corrected chi connectivity index (χ4v) is 3.09. The Morgan fingerprint density at radius 1 is 1.29 bits per heavy atom. The number of aliphatic imine (C=N–C) groups is 1. The van der Waals surface area contributed by atoms with Crippen LogP contribution in [0, 0.1) is 0 Å². The lowest BCUT2D eigenvalue weighted by molar-refractivity contribution is -0.108. The van der Waals surface area contributed by atoms with Crippen molar-refractivity contribution in [1.82, 2.24) is 0 Å². The number of ether oxygens (including phenoxy) is 5. The molecule has 1 aromatic rings. The summed E-state index contributed by atoms with van der Waals surface area (Å²) in [4.78, 5) is 4.59. The average molecular weight is 390 g/mol. The lowest BCUT2D eigenvalue weighted by Crippen LogP contribution is -2.32. The standard InChI is InChI=1S/C21H30N2O5/c1-2-7-24-8-10-26-17-3-4-19-16(12-17)5-6-23-20(19)13-21(22)28-15-18-14-25-9-11-27-18/h3-4,12-13,18H,2,5-11,14-15,22H2,1H3/t18-/m1/s1. The van der Waals surface area contributed by atoms with Crippen LogP contribution in [-0.4, -0.2) is 64.6 Å². The molecule has 2 aliphatic rings. The van der Waals surface area contributed by atoms with E-state index >= 15 is 0 Å². The van der Waals surface area contributed by atoms with Crippen molar-refractivity contribution in [2.45, 2.75) is 25.9 Å². The third-order valence-corrected chi connectivity index (χ3v) is 4.46. The van der Waals surface area contributed by atoms with Crippen LogP contribution < -0.4 is 10.5 Å². The van der Waals surface area contributed by atoms with Crippen molar-refractivity contribution in [3.8, 4) is 5.75 Å². The second kappa shape index (κ2) is 11.0. The number of nitrogens with two attached hydrogens (primary N) is 1. The first-order chi connectivity index (χ1) is 13.8. The van der Waals surface area contributed by atoms with E-state index in [1.165, 1.54) is 5.56 Å². The molecular weight excluding hydrogens is 360 g/mol. The molecule has 0 spiro atoms. The molecule has 0 amide bonds. The Morgan fingerprint density at radius 3 is 3.04 bits per heavy atom. The van der Waals surface area contributed by atoms with E-state index in [1.807, 2.05) is 12.1 Å². The Morgan fingerprint density at radius 2 is 2.21 bits per heavy atom. The molecule has 1 fully saturated rings. The second-order valence-corrected chi connectivity index (χ2v) is 6.72. The van der Waals surface area contributed by atoms with Gasteiger partial charge < -0.3 is 29.4 Å². The molecule has 2 aliphatic heterocycles. The van der Waals surface area contributed by atoms with Gasteiger partial charge in [0.2, 0.25) is 0 Å². The SMILES string of the molecule is CCCOCCOc1ccc2c(c1)CCN=C2C=C(N)OC[C@H]1COCCO1. The van der Waals surface area contributed by atoms with Crippen LogP contribution in [0.2, 0.25) is 0 Å². The number of benzene rings is 1. The molecule has 0 bridgehead atoms. The molecule has 1 aromatic carbocycles. The molecule has 1 atom stereocenters. The normalized spacial score (nSPS) is 19.7. The molecule has 154 valence electrons. The maximum Gasteiger partial charge on any atom is 0.186 e. The Labute approximate surface area is 166 Å². The van der Waals surface area contributed by atoms with Gasteiger partial charge in [-0.2, -0.15) is 0 Å². The summed E-state index contributed by atoms with van der Waals surface area (Å²) in [5, 5.41) is 0. The molecule has 28 heavy (non-hydrogen) atoms. The Bertz CT molecular complexity index is 683. The summed E-state index contributed by atoms with van der Waals surface area (Å²) in [6, 6.07) is 6.05. The van der Waals surface area contributed by atoms with Gasteiger partial charge in [0.25, 0.3) is 0 Å². The minimum Gasteiger partial charge on any atom is -0.491 e. The van der Waals surface area contributed by atoms with Crippen LogP contribution in [0.25, 0.3) is 0 Å². The van der Waals surface area contributed by atoms with E-state index in [0.717, 1.165) is 43.0 Å². The molecule has 0 aliphatic carbocycles. The zero-order valence-electron chi connectivity index (χ0n) is 16.5. The minimum atomic E-state index is -0.0812. The summed E-state index contributed by atoms with van der Waals surface area (Å²) >= 11 is 0. The second-order valence-electron chi connectivity index (χ2n) is 6.72. The molecular formula is C21H30N2O5. The summed E-state index contributed by atoms with van der Waals surface area (Å²) in [5.41, 5.74) is 9.13. The van der Waals surface area contributed by atoms with Crippen LogP contribution in [0.4, 0.5) is 0 Å². The maximum atomic E-state index is 6.04. The summed E-state index contributed by atoms with van der Waals surface area (Å²) < 4.78 is 27.8. The fraction of sp³-hybridized carbons (Fsp3) is 0.571. The van der Waals surface area contributed by atoms with Gasteiger partial charge in [0.15, 0.2) is 5.88 Å². The van der Waals surface area contributed by atoms with Crippen molar-refractivity contribution in [3.05, 3.63) is 41.3 Å². The monoisotopic (exact) mass is 390 g/mol. The van der Waals surface area contributed by atoms with Gasteiger partial charge in [-0.25, -0.2) is 0 Å². The molecule has 0 radical (unpaired) electrons. The minimum absolute atomic E-state index is 0.0812. The van der Waals surface area contributed by atoms with Crippen LogP contribution in [0.1, 0.15) is 24.5 Å². The molecule has 2 heterocycles. The zero-order chi connectivity index (χ0) is 19.6. The number of hydrogen-bond donors (Lipinski definition) is 1. The smallest absolute Gasteiger partial charge is 0.186 e. The Kier molecular flexibility index (Phi) is 8.14. The van der Waals surface area contributed by atoms with E-state index in [2.05, 4.69) is 18.0 Å². The Balaban J connectivity index is 1.55. The molecule has 7 heteroatoms. The van der Waals surface area contributed by atoms with Gasteiger partial charge in [-0.15, -0.1) is 0 Å². The molecule has 0 unspecified atom stereocenters. The van der Waals surface area contributed by atoms with Crippen LogP contribution in [0.15, 0.2) is 35.2 Å². The van der Waals surface area contributed by atoms with Crippen LogP contribution >= 0.6 is 0 Å². The van der Waals surface area contributed by atoms with Gasteiger partial charge >= 0.3 is 0 Å². The summed E-state index contributed by atoms with van der Waals surface area (Å²) in [5.74, 6) is 1.18. The van der Waals surface area contributed by atoms with Crippen LogP contribution in [0.5, 0.6) is 5.75 Å². The highest BCUT2D eigenvalue weighted by molar-refractivity contribution is 6.10. The third kappa shape index (κ3) is 6.22. The fourth-order valence-electron chi connectivity index (χ4n) is 3.09. The molecule has 0 saturated carbocycles. The van der Waals surface area contributed by atoms with Crippen molar-refractivity contribution >= 4 is 5.71 Å². The number of hydrogen-bond acceptors (Lipinski definition) is 7. The van der Waals surface area contributed by atoms with Crippen LogP contribution in [0.3, 0.4) is 0 Å². The predicted molar refractivity (Wildman–Crippen MR) is 107 cm³/mol.